The van der Waals surface area contributed by atoms with E-state index in [-0.39, 0.29) is 5.57 Å². The third-order valence-electron chi connectivity index (χ3n) is 5.57. The molecule has 0 bridgehead atoms. The molecule has 180 valence electrons. The van der Waals surface area contributed by atoms with Gasteiger partial charge in [0, 0.05) is 10.7 Å². The highest BCUT2D eigenvalue weighted by molar-refractivity contribution is 9.10. The maximum atomic E-state index is 12.8. The van der Waals surface area contributed by atoms with Crippen LogP contribution in [0.1, 0.15) is 16.7 Å². The van der Waals surface area contributed by atoms with Crippen molar-refractivity contribution in [3.8, 4) is 17.6 Å². The maximum absolute atomic E-state index is 12.8. The van der Waals surface area contributed by atoms with Gasteiger partial charge in [-0.3, -0.25) is 4.79 Å². The zero-order valence-corrected chi connectivity index (χ0v) is 22.0. The minimum atomic E-state index is -0.533. The topological polar surface area (TPSA) is 71.3 Å². The Balaban J connectivity index is 1.55. The first-order valence-electron chi connectivity index (χ1n) is 11.0. The van der Waals surface area contributed by atoms with Gasteiger partial charge in [0.1, 0.15) is 18.2 Å². The molecule has 0 atom stereocenters. The summed E-state index contributed by atoms with van der Waals surface area (Å²) in [6, 6.07) is 25.0. The number of benzene rings is 4. The first kappa shape index (κ1) is 25.3. The van der Waals surface area contributed by atoms with Gasteiger partial charge in [0.15, 0.2) is 11.5 Å². The SMILES string of the molecule is COc1cc(/C=C(\C#N)C(=O)Nc2cc(Cl)ccc2C)cc(Br)c1OCc1ccc2ccccc2c1. The summed E-state index contributed by atoms with van der Waals surface area (Å²) in [4.78, 5) is 12.8. The molecule has 0 aliphatic carbocycles. The number of nitrogens with zero attached hydrogens (tertiary/aromatic N) is 1. The van der Waals surface area contributed by atoms with E-state index >= 15 is 0 Å². The molecule has 36 heavy (non-hydrogen) atoms. The van der Waals surface area contributed by atoms with Crippen molar-refractivity contribution in [1.82, 2.24) is 0 Å². The summed E-state index contributed by atoms with van der Waals surface area (Å²) in [6.45, 7) is 2.19. The molecule has 4 rings (SSSR count). The van der Waals surface area contributed by atoms with Crippen molar-refractivity contribution in [2.45, 2.75) is 13.5 Å². The number of aryl methyl sites for hydroxylation is 1. The number of anilines is 1. The van der Waals surface area contributed by atoms with Crippen LogP contribution in [0.25, 0.3) is 16.8 Å². The third kappa shape index (κ3) is 5.88. The summed E-state index contributed by atoms with van der Waals surface area (Å²) in [5, 5.41) is 15.2. The van der Waals surface area contributed by atoms with Crippen LogP contribution in [0, 0.1) is 18.3 Å². The fraction of sp³-hybridized carbons (Fsp3) is 0.103. The molecule has 0 saturated carbocycles. The largest absolute Gasteiger partial charge is 0.493 e. The molecule has 1 amide bonds. The Kier molecular flexibility index (Phi) is 7.94. The number of nitrogens with one attached hydrogen (secondary N) is 1. The number of hydrogen-bond acceptors (Lipinski definition) is 4. The Hall–Kier alpha value is -3.79. The number of amides is 1. The van der Waals surface area contributed by atoms with Gasteiger partial charge >= 0.3 is 0 Å². The van der Waals surface area contributed by atoms with Gasteiger partial charge in [-0.25, -0.2) is 0 Å². The molecule has 5 nitrogen and oxygen atoms in total. The lowest BCUT2D eigenvalue weighted by atomic mass is 10.1. The number of carbonyl (C=O) groups excluding carboxylic acids is 1. The number of carbonyl (C=O) groups is 1. The molecule has 0 aromatic heterocycles. The van der Waals surface area contributed by atoms with Crippen molar-refractivity contribution in [2.24, 2.45) is 0 Å². The van der Waals surface area contributed by atoms with E-state index in [2.05, 4.69) is 45.5 Å². The molecule has 0 fully saturated rings. The quantitative estimate of drug-likeness (QED) is 0.185. The number of methoxy groups -OCH3 is 1. The van der Waals surface area contributed by atoms with Gasteiger partial charge in [-0.1, -0.05) is 54.1 Å². The van der Waals surface area contributed by atoms with Crippen LogP contribution in [0.3, 0.4) is 0 Å². The molecule has 0 heterocycles. The van der Waals surface area contributed by atoms with Gasteiger partial charge in [0.25, 0.3) is 5.91 Å². The molecule has 0 radical (unpaired) electrons. The van der Waals surface area contributed by atoms with Crippen LogP contribution in [0.5, 0.6) is 11.5 Å². The van der Waals surface area contributed by atoms with Crippen molar-refractivity contribution < 1.29 is 14.3 Å². The predicted octanol–water partition coefficient (Wildman–Crippen LogP) is 7.70. The third-order valence-corrected chi connectivity index (χ3v) is 6.40. The molecular formula is C29H22BrClN2O3. The lowest BCUT2D eigenvalue weighted by Gasteiger charge is -2.14. The predicted molar refractivity (Wildman–Crippen MR) is 147 cm³/mol. The minimum absolute atomic E-state index is 0.0619. The average molecular weight is 562 g/mol. The summed E-state index contributed by atoms with van der Waals surface area (Å²) in [6.07, 6.45) is 1.50. The fourth-order valence-electron chi connectivity index (χ4n) is 3.68. The van der Waals surface area contributed by atoms with Crippen LogP contribution in [0.4, 0.5) is 5.69 Å². The van der Waals surface area contributed by atoms with Crippen molar-refractivity contribution >= 4 is 56.0 Å². The van der Waals surface area contributed by atoms with Crippen LogP contribution >= 0.6 is 27.5 Å². The monoisotopic (exact) mass is 560 g/mol. The van der Waals surface area contributed by atoms with Gasteiger partial charge < -0.3 is 14.8 Å². The van der Waals surface area contributed by atoms with E-state index < -0.39 is 5.91 Å². The molecule has 0 aliphatic heterocycles. The Bertz CT molecular complexity index is 1530. The van der Waals surface area contributed by atoms with Crippen molar-refractivity contribution in [2.75, 3.05) is 12.4 Å². The molecular weight excluding hydrogens is 540 g/mol. The highest BCUT2D eigenvalue weighted by Crippen LogP contribution is 2.38. The second-order valence-corrected chi connectivity index (χ2v) is 9.38. The van der Waals surface area contributed by atoms with Crippen molar-refractivity contribution in [3.05, 3.63) is 105 Å². The second-order valence-electron chi connectivity index (χ2n) is 8.09. The normalized spacial score (nSPS) is 11.1. The number of rotatable bonds is 7. The Morgan fingerprint density at radius 1 is 1.08 bits per heavy atom. The molecule has 0 aliphatic rings. The zero-order chi connectivity index (χ0) is 25.7. The molecule has 4 aromatic carbocycles. The van der Waals surface area contributed by atoms with E-state index in [0.29, 0.717) is 38.9 Å². The average Bonchev–Trinajstić information content (AvgIpc) is 2.88. The van der Waals surface area contributed by atoms with Crippen molar-refractivity contribution in [1.29, 1.82) is 5.26 Å². The van der Waals surface area contributed by atoms with Gasteiger partial charge in [-0.05, 0) is 86.7 Å². The Morgan fingerprint density at radius 3 is 2.61 bits per heavy atom. The van der Waals surface area contributed by atoms with E-state index in [9.17, 15) is 10.1 Å². The smallest absolute Gasteiger partial charge is 0.266 e. The Labute approximate surface area is 223 Å². The molecule has 7 heteroatoms. The lowest BCUT2D eigenvalue weighted by Crippen LogP contribution is -2.14. The number of fused-ring (bicyclic) bond motifs is 1. The van der Waals surface area contributed by atoms with Crippen LogP contribution < -0.4 is 14.8 Å². The molecule has 0 spiro atoms. The summed E-state index contributed by atoms with van der Waals surface area (Å²) < 4.78 is 12.3. The van der Waals surface area contributed by atoms with Gasteiger partial charge in [-0.15, -0.1) is 0 Å². The second kappa shape index (κ2) is 11.3. The van der Waals surface area contributed by atoms with E-state index in [1.807, 2.05) is 31.2 Å². The number of halogens is 2. The van der Waals surface area contributed by atoms with Crippen LogP contribution in [-0.2, 0) is 11.4 Å². The standard InChI is InChI=1S/C29H22BrClN2O3/c1-18-7-10-24(31)15-26(18)33-29(34)23(16-32)12-20-13-25(30)28(27(14-20)35-2)36-17-19-8-9-21-5-3-4-6-22(21)11-19/h3-15H,17H2,1-2H3,(H,33,34)/b23-12+. The molecule has 0 saturated heterocycles. The molecule has 1 N–H and O–H groups in total. The summed E-state index contributed by atoms with van der Waals surface area (Å²) in [7, 11) is 1.54. The van der Waals surface area contributed by atoms with Gasteiger partial charge in [0.05, 0.1) is 11.6 Å². The minimum Gasteiger partial charge on any atom is -0.493 e. The van der Waals surface area contributed by atoms with Crippen LogP contribution in [0.2, 0.25) is 5.02 Å². The Morgan fingerprint density at radius 2 is 1.86 bits per heavy atom. The van der Waals surface area contributed by atoms with E-state index in [1.165, 1.54) is 18.6 Å². The summed E-state index contributed by atoms with van der Waals surface area (Å²) >= 11 is 9.58. The summed E-state index contributed by atoms with van der Waals surface area (Å²) in [5.41, 5.74) is 2.94. The zero-order valence-electron chi connectivity index (χ0n) is 19.6. The molecule has 4 aromatic rings. The van der Waals surface area contributed by atoms with E-state index in [4.69, 9.17) is 21.1 Å². The first-order valence-corrected chi connectivity index (χ1v) is 12.2. The highest BCUT2D eigenvalue weighted by Gasteiger charge is 2.15. The van der Waals surface area contributed by atoms with Gasteiger partial charge in [0.2, 0.25) is 0 Å². The first-order chi connectivity index (χ1) is 17.4. The fourth-order valence-corrected chi connectivity index (χ4v) is 4.43. The number of hydrogen-bond donors (Lipinski definition) is 1. The molecule has 0 unspecified atom stereocenters. The van der Waals surface area contributed by atoms with E-state index in [0.717, 1.165) is 16.5 Å². The number of ether oxygens (including phenoxy) is 2. The lowest BCUT2D eigenvalue weighted by molar-refractivity contribution is -0.112. The van der Waals surface area contributed by atoms with E-state index in [1.54, 1.807) is 30.3 Å². The summed E-state index contributed by atoms with van der Waals surface area (Å²) in [5.74, 6) is 0.467. The van der Waals surface area contributed by atoms with Crippen LogP contribution in [-0.4, -0.2) is 13.0 Å². The maximum Gasteiger partial charge on any atom is 0.266 e. The number of nitriles is 1. The van der Waals surface area contributed by atoms with Crippen molar-refractivity contribution in [3.63, 3.8) is 0 Å². The van der Waals surface area contributed by atoms with Crippen LogP contribution in [0.15, 0.2) is 82.8 Å². The van der Waals surface area contributed by atoms with Gasteiger partial charge in [-0.2, -0.15) is 5.26 Å². The highest BCUT2D eigenvalue weighted by atomic mass is 79.9.